The summed E-state index contributed by atoms with van der Waals surface area (Å²) in [5.41, 5.74) is -0.383. The van der Waals surface area contributed by atoms with Crippen molar-refractivity contribution in [2.75, 3.05) is 11.9 Å². The van der Waals surface area contributed by atoms with Crippen LogP contribution in [-0.4, -0.2) is 34.5 Å². The van der Waals surface area contributed by atoms with Gasteiger partial charge in [0.2, 0.25) is 0 Å². The quantitative estimate of drug-likeness (QED) is 0.718. The lowest BCUT2D eigenvalue weighted by atomic mass is 10.0. The average molecular weight is 264 g/mol. The van der Waals surface area contributed by atoms with Crippen molar-refractivity contribution in [3.05, 3.63) is 0 Å². The molecule has 1 aliphatic heterocycles. The van der Waals surface area contributed by atoms with Crippen molar-refractivity contribution < 1.29 is 9.53 Å². The zero-order valence-corrected chi connectivity index (χ0v) is 10.6. The zero-order valence-electron chi connectivity index (χ0n) is 9.05. The average Bonchev–Trinajstić information content (AvgIpc) is 1.93. The third-order valence-corrected chi connectivity index (χ3v) is 2.67. The third-order valence-electron chi connectivity index (χ3n) is 2.21. The maximum absolute atomic E-state index is 11.6. The number of amides is 1. The van der Waals surface area contributed by atoms with Crippen LogP contribution in [0.5, 0.6) is 0 Å². The molecule has 0 aromatic heterocycles. The molecule has 0 N–H and O–H groups in total. The minimum absolute atomic E-state index is 0.172. The molecule has 1 heterocycles. The Morgan fingerprint density at radius 2 is 2.21 bits per heavy atom. The van der Waals surface area contributed by atoms with Crippen LogP contribution < -0.4 is 0 Å². The first-order chi connectivity index (χ1) is 6.44. The van der Waals surface area contributed by atoms with Crippen LogP contribution in [0, 0.1) is 0 Å². The smallest absolute Gasteiger partial charge is 0.410 e. The van der Waals surface area contributed by atoms with Gasteiger partial charge in [-0.05, 0) is 33.6 Å². The Balaban J connectivity index is 2.38. The second-order valence-electron chi connectivity index (χ2n) is 4.59. The Labute approximate surface area is 93.9 Å². The van der Waals surface area contributed by atoms with Crippen molar-refractivity contribution in [3.8, 4) is 0 Å². The highest BCUT2D eigenvalue weighted by atomic mass is 79.9. The molecule has 0 aromatic rings. The van der Waals surface area contributed by atoms with Crippen molar-refractivity contribution in [1.29, 1.82) is 0 Å². The lowest BCUT2D eigenvalue weighted by Gasteiger charge is -2.41. The molecule has 14 heavy (non-hydrogen) atoms. The Morgan fingerprint density at radius 3 is 2.57 bits per heavy atom. The normalized spacial score (nSPS) is 21.7. The molecule has 1 fully saturated rings. The number of ether oxygens (including phenoxy) is 1. The lowest BCUT2D eigenvalue weighted by Crippen LogP contribution is -2.52. The molecule has 0 radical (unpaired) electrons. The van der Waals surface area contributed by atoms with Crippen LogP contribution in [0.15, 0.2) is 0 Å². The first-order valence-corrected chi connectivity index (χ1v) is 6.12. The first kappa shape index (κ1) is 11.8. The summed E-state index contributed by atoms with van der Waals surface area (Å²) < 4.78 is 5.29. The van der Waals surface area contributed by atoms with Gasteiger partial charge in [0.15, 0.2) is 0 Å². The molecule has 1 rings (SSSR count). The molecule has 1 amide bonds. The number of alkyl halides is 1. The van der Waals surface area contributed by atoms with Gasteiger partial charge in [0, 0.05) is 17.9 Å². The van der Waals surface area contributed by atoms with E-state index in [2.05, 4.69) is 15.9 Å². The summed E-state index contributed by atoms with van der Waals surface area (Å²) in [5, 5.41) is 0.941. The van der Waals surface area contributed by atoms with E-state index < -0.39 is 0 Å². The summed E-state index contributed by atoms with van der Waals surface area (Å²) in [5.74, 6) is 0. The predicted octanol–water partition coefficient (Wildman–Crippen LogP) is 2.78. The number of halogens is 1. The Bertz CT molecular complexity index is 213. The van der Waals surface area contributed by atoms with Crippen molar-refractivity contribution in [2.24, 2.45) is 0 Å². The highest BCUT2D eigenvalue weighted by Gasteiger charge is 2.34. The molecule has 1 atom stereocenters. The van der Waals surface area contributed by atoms with E-state index in [9.17, 15) is 4.79 Å². The van der Waals surface area contributed by atoms with E-state index in [4.69, 9.17) is 4.74 Å². The summed E-state index contributed by atoms with van der Waals surface area (Å²) in [6.45, 7) is 6.52. The van der Waals surface area contributed by atoms with Crippen LogP contribution in [0.25, 0.3) is 0 Å². The van der Waals surface area contributed by atoms with Crippen molar-refractivity contribution in [1.82, 2.24) is 4.90 Å². The number of likely N-dealkylation sites (tertiary alicyclic amines) is 1. The molecule has 0 spiro atoms. The molecule has 0 saturated carbocycles. The van der Waals surface area contributed by atoms with E-state index in [-0.39, 0.29) is 11.7 Å². The number of carbonyl (C=O) groups excluding carboxylic acids is 1. The topological polar surface area (TPSA) is 29.5 Å². The highest BCUT2D eigenvalue weighted by Crippen LogP contribution is 2.23. The number of nitrogens with zero attached hydrogens (tertiary/aromatic N) is 1. The van der Waals surface area contributed by atoms with E-state index in [1.807, 2.05) is 25.7 Å². The van der Waals surface area contributed by atoms with E-state index in [1.54, 1.807) is 0 Å². The molecular formula is C10H18BrNO2. The number of hydrogen-bond acceptors (Lipinski definition) is 2. The molecular weight excluding hydrogens is 246 g/mol. The summed E-state index contributed by atoms with van der Waals surface area (Å²) in [6.07, 6.45) is 1.94. The first-order valence-electron chi connectivity index (χ1n) is 4.99. The Kier molecular flexibility index (Phi) is 3.81. The van der Waals surface area contributed by atoms with Crippen LogP contribution in [0.2, 0.25) is 0 Å². The van der Waals surface area contributed by atoms with E-state index in [0.29, 0.717) is 6.04 Å². The van der Waals surface area contributed by atoms with Crippen LogP contribution >= 0.6 is 15.9 Å². The highest BCUT2D eigenvalue weighted by molar-refractivity contribution is 9.09. The largest absolute Gasteiger partial charge is 0.444 e. The minimum atomic E-state index is -0.383. The number of rotatable bonds is 2. The molecule has 1 aliphatic rings. The van der Waals surface area contributed by atoms with Gasteiger partial charge in [0.25, 0.3) is 0 Å². The summed E-state index contributed by atoms with van der Waals surface area (Å²) in [7, 11) is 0. The van der Waals surface area contributed by atoms with E-state index in [1.165, 1.54) is 0 Å². The van der Waals surface area contributed by atoms with Gasteiger partial charge in [0.05, 0.1) is 0 Å². The monoisotopic (exact) mass is 263 g/mol. The molecule has 4 heteroatoms. The molecule has 3 nitrogen and oxygen atoms in total. The fourth-order valence-corrected chi connectivity index (χ4v) is 1.96. The van der Waals surface area contributed by atoms with Crippen molar-refractivity contribution in [2.45, 2.75) is 45.3 Å². The van der Waals surface area contributed by atoms with Gasteiger partial charge in [-0.25, -0.2) is 4.79 Å². The van der Waals surface area contributed by atoms with Gasteiger partial charge in [-0.2, -0.15) is 0 Å². The van der Waals surface area contributed by atoms with Gasteiger partial charge in [-0.3, -0.25) is 0 Å². The van der Waals surface area contributed by atoms with Crippen molar-refractivity contribution >= 4 is 22.0 Å². The fourth-order valence-electron chi connectivity index (χ4n) is 1.43. The molecule has 0 aliphatic carbocycles. The maximum Gasteiger partial charge on any atom is 0.410 e. The van der Waals surface area contributed by atoms with E-state index in [0.717, 1.165) is 24.7 Å². The predicted molar refractivity (Wildman–Crippen MR) is 59.8 cm³/mol. The van der Waals surface area contributed by atoms with Gasteiger partial charge >= 0.3 is 6.09 Å². The lowest BCUT2D eigenvalue weighted by molar-refractivity contribution is -0.00547. The Morgan fingerprint density at radius 1 is 1.57 bits per heavy atom. The van der Waals surface area contributed by atoms with Gasteiger partial charge in [0.1, 0.15) is 5.60 Å². The summed E-state index contributed by atoms with van der Waals surface area (Å²) in [6, 6.07) is 0.379. The molecule has 1 saturated heterocycles. The van der Waals surface area contributed by atoms with Gasteiger partial charge < -0.3 is 9.64 Å². The Hall–Kier alpha value is -0.250. The number of hydrogen-bond donors (Lipinski definition) is 0. The molecule has 0 aromatic carbocycles. The van der Waals surface area contributed by atoms with E-state index >= 15 is 0 Å². The second-order valence-corrected chi connectivity index (χ2v) is 5.39. The maximum atomic E-state index is 11.6. The van der Waals surface area contributed by atoms with Gasteiger partial charge in [-0.15, -0.1) is 0 Å². The summed E-state index contributed by atoms with van der Waals surface area (Å²) >= 11 is 3.38. The van der Waals surface area contributed by atoms with Crippen LogP contribution in [0.1, 0.15) is 33.6 Å². The molecule has 82 valence electrons. The fraction of sp³-hybridized carbons (Fsp3) is 0.900. The minimum Gasteiger partial charge on any atom is -0.444 e. The van der Waals surface area contributed by atoms with Crippen molar-refractivity contribution in [3.63, 3.8) is 0 Å². The third kappa shape index (κ3) is 3.15. The zero-order chi connectivity index (χ0) is 10.8. The molecule has 0 bridgehead atoms. The summed E-state index contributed by atoms with van der Waals surface area (Å²) in [4.78, 5) is 13.4. The SMILES string of the molecule is CC(C)(C)OC(=O)N1CCC1CCBr. The van der Waals surface area contributed by atoms with Gasteiger partial charge in [-0.1, -0.05) is 15.9 Å². The molecule has 1 unspecified atom stereocenters. The van der Waals surface area contributed by atoms with Crippen LogP contribution in [0.4, 0.5) is 4.79 Å². The number of carbonyl (C=O) groups is 1. The van der Waals surface area contributed by atoms with Crippen LogP contribution in [-0.2, 0) is 4.74 Å². The standard InChI is InChI=1S/C10H18BrNO2/c1-10(2,3)14-9(13)12-7-5-8(12)4-6-11/h8H,4-7H2,1-3H3. The van der Waals surface area contributed by atoms with Crippen LogP contribution in [0.3, 0.4) is 0 Å². The second kappa shape index (κ2) is 4.51.